The Morgan fingerprint density at radius 3 is 2.58 bits per heavy atom. The third-order valence-corrected chi connectivity index (χ3v) is 1.13. The summed E-state index contributed by atoms with van der Waals surface area (Å²) in [7, 11) is 2.87. The lowest BCUT2D eigenvalue weighted by atomic mass is 10.9. The Balaban J connectivity index is 2.90. The molecule has 0 radical (unpaired) electrons. The molecule has 1 aromatic rings. The lowest BCUT2D eigenvalue weighted by Crippen LogP contribution is -2.04. The maximum atomic E-state index is 5.53. The summed E-state index contributed by atoms with van der Waals surface area (Å²) in [6, 6.07) is 0.134. The van der Waals surface area contributed by atoms with Crippen molar-refractivity contribution in [2.24, 2.45) is 0 Å². The van der Waals surface area contributed by atoms with Crippen molar-refractivity contribution >= 4 is 17.5 Å². The molecule has 0 saturated carbocycles. The number of aromatic nitrogens is 3. The molecule has 1 N–H and O–H groups in total. The van der Waals surface area contributed by atoms with Crippen molar-refractivity contribution in [2.75, 3.05) is 19.7 Å². The number of hydrogen-bond donors (Lipinski definition) is 1. The molecule has 7 heteroatoms. The summed E-state index contributed by atoms with van der Waals surface area (Å²) in [6.07, 6.45) is 0. The third kappa shape index (κ3) is 2.18. The van der Waals surface area contributed by atoms with Crippen molar-refractivity contribution in [3.05, 3.63) is 5.28 Å². The lowest BCUT2D eigenvalue weighted by Gasteiger charge is -2.02. The number of methoxy groups -OCH3 is 1. The summed E-state index contributed by atoms with van der Waals surface area (Å²) in [5.41, 5.74) is 2.40. The largest absolute Gasteiger partial charge is 0.467 e. The van der Waals surface area contributed by atoms with Crippen LogP contribution in [-0.4, -0.2) is 29.2 Å². The van der Waals surface area contributed by atoms with Crippen molar-refractivity contribution < 1.29 is 9.57 Å². The number of nitrogens with one attached hydrogen (secondary N) is 1. The predicted octanol–water partition coefficient (Wildman–Crippen LogP) is 0.507. The van der Waals surface area contributed by atoms with Gasteiger partial charge in [-0.2, -0.15) is 15.0 Å². The molecular formula is C5H7ClN4O2. The van der Waals surface area contributed by atoms with E-state index in [2.05, 4.69) is 25.3 Å². The molecule has 0 fully saturated rings. The summed E-state index contributed by atoms with van der Waals surface area (Å²) in [5, 5.41) is 0.0430. The molecule has 0 unspecified atom stereocenters. The molecule has 1 rings (SSSR count). The fraction of sp³-hybridized carbons (Fsp3) is 0.400. The number of rotatable bonds is 3. The molecule has 0 aliphatic heterocycles. The quantitative estimate of drug-likeness (QED) is 0.701. The molecule has 0 atom stereocenters. The van der Waals surface area contributed by atoms with Gasteiger partial charge in [0.15, 0.2) is 0 Å². The Kier molecular flexibility index (Phi) is 3.01. The third-order valence-electron chi connectivity index (χ3n) is 0.964. The Bertz CT molecular complexity index is 270. The average molecular weight is 191 g/mol. The summed E-state index contributed by atoms with van der Waals surface area (Å²) in [6.45, 7) is 0. The predicted molar refractivity (Wildman–Crippen MR) is 42.0 cm³/mol. The second kappa shape index (κ2) is 4.03. The molecule has 1 heterocycles. The molecular weight excluding hydrogens is 184 g/mol. The minimum atomic E-state index is 0.0430. The van der Waals surface area contributed by atoms with Gasteiger partial charge >= 0.3 is 6.01 Å². The Morgan fingerprint density at radius 2 is 2.00 bits per heavy atom. The first-order chi connectivity index (χ1) is 5.76. The SMILES string of the molecule is CONc1nc(Cl)nc(OC)n1. The van der Waals surface area contributed by atoms with Crippen molar-refractivity contribution in [1.29, 1.82) is 0 Å². The molecule has 6 nitrogen and oxygen atoms in total. The summed E-state index contributed by atoms with van der Waals surface area (Å²) < 4.78 is 4.74. The van der Waals surface area contributed by atoms with Crippen LogP contribution in [-0.2, 0) is 4.84 Å². The van der Waals surface area contributed by atoms with Gasteiger partial charge in [-0.1, -0.05) is 0 Å². The van der Waals surface area contributed by atoms with E-state index in [4.69, 9.17) is 16.3 Å². The zero-order valence-corrected chi connectivity index (χ0v) is 7.29. The van der Waals surface area contributed by atoms with E-state index in [1.54, 1.807) is 0 Å². The highest BCUT2D eigenvalue weighted by atomic mass is 35.5. The van der Waals surface area contributed by atoms with Crippen LogP contribution in [0.2, 0.25) is 5.28 Å². The molecule has 1 aromatic heterocycles. The van der Waals surface area contributed by atoms with Crippen LogP contribution >= 0.6 is 11.6 Å². The standard InChI is InChI=1S/C5H7ClN4O2/c1-11-5-8-3(6)7-4(9-5)10-12-2/h1-2H3,(H,7,8,9,10). The molecule has 0 aliphatic rings. The Morgan fingerprint density at radius 1 is 1.25 bits per heavy atom. The normalized spacial score (nSPS) is 9.58. The molecule has 0 spiro atoms. The highest BCUT2D eigenvalue weighted by Gasteiger charge is 2.03. The first-order valence-electron chi connectivity index (χ1n) is 3.01. The van der Waals surface area contributed by atoms with Gasteiger partial charge in [0.25, 0.3) is 5.95 Å². The number of hydrogen-bond acceptors (Lipinski definition) is 6. The molecule has 66 valence electrons. The second-order valence-electron chi connectivity index (χ2n) is 1.72. The van der Waals surface area contributed by atoms with Gasteiger partial charge in [0.05, 0.1) is 14.2 Å². The van der Waals surface area contributed by atoms with Crippen LogP contribution in [0.25, 0.3) is 0 Å². The van der Waals surface area contributed by atoms with Crippen LogP contribution in [0, 0.1) is 0 Å². The second-order valence-corrected chi connectivity index (χ2v) is 2.06. The fourth-order valence-corrected chi connectivity index (χ4v) is 0.712. The van der Waals surface area contributed by atoms with Gasteiger partial charge in [0.1, 0.15) is 0 Å². The molecule has 0 saturated heterocycles. The Hall–Kier alpha value is -1.14. The zero-order chi connectivity index (χ0) is 8.97. The van der Waals surface area contributed by atoms with E-state index < -0.39 is 0 Å². The zero-order valence-electron chi connectivity index (χ0n) is 6.54. The summed E-state index contributed by atoms with van der Waals surface area (Å²) >= 11 is 5.53. The van der Waals surface area contributed by atoms with Gasteiger partial charge in [0.2, 0.25) is 5.28 Å². The van der Waals surface area contributed by atoms with Gasteiger partial charge in [-0.15, -0.1) is 0 Å². The van der Waals surface area contributed by atoms with E-state index in [0.29, 0.717) is 0 Å². The van der Waals surface area contributed by atoms with E-state index in [0.717, 1.165) is 0 Å². The van der Waals surface area contributed by atoms with E-state index in [9.17, 15) is 0 Å². The van der Waals surface area contributed by atoms with Crippen LogP contribution in [0.1, 0.15) is 0 Å². The van der Waals surface area contributed by atoms with Crippen molar-refractivity contribution in [2.45, 2.75) is 0 Å². The highest BCUT2D eigenvalue weighted by Crippen LogP contribution is 2.09. The number of ether oxygens (including phenoxy) is 1. The van der Waals surface area contributed by atoms with Crippen molar-refractivity contribution in [1.82, 2.24) is 15.0 Å². The molecule has 0 aromatic carbocycles. The maximum absolute atomic E-state index is 5.53. The topological polar surface area (TPSA) is 69.2 Å². The van der Waals surface area contributed by atoms with Gasteiger partial charge < -0.3 is 4.74 Å². The van der Waals surface area contributed by atoms with Gasteiger partial charge in [0, 0.05) is 0 Å². The first-order valence-corrected chi connectivity index (χ1v) is 3.38. The van der Waals surface area contributed by atoms with E-state index >= 15 is 0 Å². The lowest BCUT2D eigenvalue weighted by molar-refractivity contribution is 0.265. The highest BCUT2D eigenvalue weighted by molar-refractivity contribution is 6.28. The molecule has 0 aliphatic carbocycles. The molecule has 12 heavy (non-hydrogen) atoms. The van der Waals surface area contributed by atoms with Crippen LogP contribution in [0.15, 0.2) is 0 Å². The van der Waals surface area contributed by atoms with Crippen LogP contribution in [0.4, 0.5) is 5.95 Å². The van der Waals surface area contributed by atoms with Crippen molar-refractivity contribution in [3.63, 3.8) is 0 Å². The molecule has 0 amide bonds. The van der Waals surface area contributed by atoms with E-state index in [1.807, 2.05) is 0 Å². The smallest absolute Gasteiger partial charge is 0.322 e. The monoisotopic (exact) mass is 190 g/mol. The average Bonchev–Trinajstić information content (AvgIpc) is 2.04. The number of nitrogens with zero attached hydrogens (tertiary/aromatic N) is 3. The minimum Gasteiger partial charge on any atom is -0.467 e. The van der Waals surface area contributed by atoms with E-state index in [1.165, 1.54) is 14.2 Å². The summed E-state index contributed by atoms with van der Waals surface area (Å²) in [4.78, 5) is 15.7. The minimum absolute atomic E-state index is 0.0430. The van der Waals surface area contributed by atoms with Gasteiger partial charge in [-0.05, 0) is 11.6 Å². The number of halogens is 1. The summed E-state index contributed by atoms with van der Waals surface area (Å²) in [5.74, 6) is 0.203. The van der Waals surface area contributed by atoms with Crippen LogP contribution < -0.4 is 10.2 Å². The van der Waals surface area contributed by atoms with Crippen molar-refractivity contribution in [3.8, 4) is 6.01 Å². The van der Waals surface area contributed by atoms with Crippen LogP contribution in [0.5, 0.6) is 6.01 Å². The van der Waals surface area contributed by atoms with E-state index in [-0.39, 0.29) is 17.2 Å². The Labute approximate surface area is 73.9 Å². The number of anilines is 1. The maximum Gasteiger partial charge on any atom is 0.322 e. The fourth-order valence-electron chi connectivity index (χ4n) is 0.560. The van der Waals surface area contributed by atoms with Gasteiger partial charge in [-0.25, -0.2) is 5.48 Å². The van der Waals surface area contributed by atoms with Crippen LogP contribution in [0.3, 0.4) is 0 Å². The first kappa shape index (κ1) is 8.95. The van der Waals surface area contributed by atoms with Gasteiger partial charge in [-0.3, -0.25) is 4.84 Å². The molecule has 0 bridgehead atoms.